The molecule has 0 radical (unpaired) electrons. The molecule has 1 aliphatic rings. The fourth-order valence-electron chi connectivity index (χ4n) is 3.46. The molecule has 3 aromatic rings. The van der Waals surface area contributed by atoms with Crippen LogP contribution in [0.5, 0.6) is 5.75 Å². The SMILES string of the molecule is COc1cccc(-c2noc(C3CCCN(C(=O)c4ccc(Cl)c(Cl)c4)C3)n2)c1. The van der Waals surface area contributed by atoms with Gasteiger partial charge in [-0.15, -0.1) is 0 Å². The second-order valence-corrected chi connectivity index (χ2v) is 7.72. The molecule has 6 nitrogen and oxygen atoms in total. The molecular weight excluding hydrogens is 413 g/mol. The van der Waals surface area contributed by atoms with Crippen LogP contribution in [-0.4, -0.2) is 41.1 Å². The smallest absolute Gasteiger partial charge is 0.253 e. The molecule has 29 heavy (non-hydrogen) atoms. The molecule has 0 saturated carbocycles. The molecule has 1 unspecified atom stereocenters. The minimum absolute atomic E-state index is 0.0117. The Hall–Kier alpha value is -2.57. The third kappa shape index (κ3) is 4.23. The first kappa shape index (κ1) is 19.7. The Kier molecular flexibility index (Phi) is 5.74. The Morgan fingerprint density at radius 2 is 2.07 bits per heavy atom. The predicted octanol–water partition coefficient (Wildman–Crippen LogP) is 5.07. The van der Waals surface area contributed by atoms with E-state index in [1.807, 2.05) is 24.3 Å². The lowest BCUT2D eigenvalue weighted by atomic mass is 9.97. The first-order valence-electron chi connectivity index (χ1n) is 9.27. The molecule has 1 fully saturated rings. The van der Waals surface area contributed by atoms with Gasteiger partial charge in [0.05, 0.1) is 23.1 Å². The van der Waals surface area contributed by atoms with Gasteiger partial charge in [0.15, 0.2) is 0 Å². The number of carbonyl (C=O) groups is 1. The fourth-order valence-corrected chi connectivity index (χ4v) is 3.75. The van der Waals surface area contributed by atoms with Gasteiger partial charge in [-0.05, 0) is 43.2 Å². The summed E-state index contributed by atoms with van der Waals surface area (Å²) in [5, 5.41) is 4.90. The van der Waals surface area contributed by atoms with Crippen LogP contribution in [0.15, 0.2) is 47.0 Å². The van der Waals surface area contributed by atoms with Crippen LogP contribution in [0, 0.1) is 0 Å². The van der Waals surface area contributed by atoms with Crippen molar-refractivity contribution in [2.45, 2.75) is 18.8 Å². The number of benzene rings is 2. The molecule has 0 bridgehead atoms. The summed E-state index contributed by atoms with van der Waals surface area (Å²) in [4.78, 5) is 19.2. The maximum atomic E-state index is 12.9. The molecule has 0 N–H and O–H groups in total. The van der Waals surface area contributed by atoms with Crippen molar-refractivity contribution in [2.24, 2.45) is 0 Å². The van der Waals surface area contributed by atoms with E-state index < -0.39 is 0 Å². The number of hydrogen-bond donors (Lipinski definition) is 0. The number of hydrogen-bond acceptors (Lipinski definition) is 5. The number of piperidine rings is 1. The summed E-state index contributed by atoms with van der Waals surface area (Å²) in [6.07, 6.45) is 1.74. The Bertz CT molecular complexity index is 1040. The van der Waals surface area contributed by atoms with E-state index in [0.29, 0.717) is 40.4 Å². The van der Waals surface area contributed by atoms with E-state index in [0.717, 1.165) is 24.2 Å². The Balaban J connectivity index is 1.50. The van der Waals surface area contributed by atoms with Gasteiger partial charge in [-0.1, -0.05) is 40.5 Å². The van der Waals surface area contributed by atoms with E-state index in [4.69, 9.17) is 32.5 Å². The fraction of sp³-hybridized carbons (Fsp3) is 0.286. The third-order valence-electron chi connectivity index (χ3n) is 4.99. The summed E-state index contributed by atoms with van der Waals surface area (Å²) in [5.41, 5.74) is 1.33. The average molecular weight is 432 g/mol. The van der Waals surface area contributed by atoms with Gasteiger partial charge in [0.2, 0.25) is 11.7 Å². The van der Waals surface area contributed by atoms with Crippen LogP contribution in [0.4, 0.5) is 0 Å². The van der Waals surface area contributed by atoms with E-state index in [2.05, 4.69) is 10.1 Å². The van der Waals surface area contributed by atoms with Crippen molar-refractivity contribution < 1.29 is 14.1 Å². The number of ether oxygens (including phenoxy) is 1. The molecule has 1 saturated heterocycles. The molecule has 1 atom stereocenters. The predicted molar refractivity (Wildman–Crippen MR) is 111 cm³/mol. The summed E-state index contributed by atoms with van der Waals surface area (Å²) in [6.45, 7) is 1.19. The molecule has 1 amide bonds. The Morgan fingerprint density at radius 1 is 1.21 bits per heavy atom. The molecule has 0 aliphatic carbocycles. The standard InChI is InChI=1S/C21H19Cl2N3O3/c1-28-16-6-2-4-13(10-16)19-24-20(29-25-19)15-5-3-9-26(12-15)21(27)14-7-8-17(22)18(23)11-14/h2,4,6-8,10-11,15H,3,5,9,12H2,1H3. The zero-order chi connectivity index (χ0) is 20.4. The number of rotatable bonds is 4. The average Bonchev–Trinajstić information content (AvgIpc) is 3.26. The summed E-state index contributed by atoms with van der Waals surface area (Å²) < 4.78 is 10.8. The number of aromatic nitrogens is 2. The zero-order valence-corrected chi connectivity index (χ0v) is 17.3. The second kappa shape index (κ2) is 8.43. The third-order valence-corrected chi connectivity index (χ3v) is 5.73. The van der Waals surface area contributed by atoms with Crippen LogP contribution in [-0.2, 0) is 0 Å². The molecule has 1 aliphatic heterocycles. The van der Waals surface area contributed by atoms with Crippen molar-refractivity contribution in [3.8, 4) is 17.1 Å². The van der Waals surface area contributed by atoms with Crippen molar-refractivity contribution in [3.05, 3.63) is 64.0 Å². The van der Waals surface area contributed by atoms with Crippen molar-refractivity contribution in [1.29, 1.82) is 0 Å². The Labute approximate surface area is 178 Å². The minimum Gasteiger partial charge on any atom is -0.497 e. The maximum absolute atomic E-state index is 12.9. The van der Waals surface area contributed by atoms with E-state index in [1.165, 1.54) is 0 Å². The molecule has 2 heterocycles. The topological polar surface area (TPSA) is 68.5 Å². The molecule has 1 aromatic heterocycles. The van der Waals surface area contributed by atoms with Crippen molar-refractivity contribution >= 4 is 29.1 Å². The first-order chi connectivity index (χ1) is 14.0. The molecule has 4 rings (SSSR count). The maximum Gasteiger partial charge on any atom is 0.253 e. The van der Waals surface area contributed by atoms with Crippen molar-refractivity contribution in [1.82, 2.24) is 15.0 Å². The number of halogens is 2. The molecule has 0 spiro atoms. The first-order valence-corrected chi connectivity index (χ1v) is 10.0. The highest BCUT2D eigenvalue weighted by atomic mass is 35.5. The monoisotopic (exact) mass is 431 g/mol. The number of carbonyl (C=O) groups excluding carboxylic acids is 1. The molecule has 150 valence electrons. The summed E-state index contributed by atoms with van der Waals surface area (Å²) in [6, 6.07) is 12.4. The lowest BCUT2D eigenvalue weighted by molar-refractivity contribution is 0.0695. The minimum atomic E-state index is -0.0826. The van der Waals surface area contributed by atoms with Gasteiger partial charge >= 0.3 is 0 Å². The second-order valence-electron chi connectivity index (χ2n) is 6.91. The van der Waals surface area contributed by atoms with E-state index in [-0.39, 0.29) is 11.8 Å². The number of amides is 1. The van der Waals surface area contributed by atoms with Gasteiger partial charge in [0, 0.05) is 24.2 Å². The lowest BCUT2D eigenvalue weighted by Gasteiger charge is -2.31. The van der Waals surface area contributed by atoms with E-state index in [9.17, 15) is 4.79 Å². The van der Waals surface area contributed by atoms with Gasteiger partial charge < -0.3 is 14.2 Å². The van der Waals surface area contributed by atoms with E-state index in [1.54, 1.807) is 30.2 Å². The van der Waals surface area contributed by atoms with Crippen LogP contribution in [0.2, 0.25) is 10.0 Å². The van der Waals surface area contributed by atoms with Crippen LogP contribution in [0.25, 0.3) is 11.4 Å². The summed E-state index contributed by atoms with van der Waals surface area (Å²) in [7, 11) is 1.61. The highest BCUT2D eigenvalue weighted by Gasteiger charge is 2.29. The van der Waals surface area contributed by atoms with Gasteiger partial charge in [0.1, 0.15) is 5.75 Å². The van der Waals surface area contributed by atoms with Crippen LogP contribution in [0.1, 0.15) is 35.0 Å². The van der Waals surface area contributed by atoms with Crippen molar-refractivity contribution in [3.63, 3.8) is 0 Å². The van der Waals surface area contributed by atoms with Gasteiger partial charge in [0.25, 0.3) is 5.91 Å². The Morgan fingerprint density at radius 3 is 2.86 bits per heavy atom. The number of methoxy groups -OCH3 is 1. The quantitative estimate of drug-likeness (QED) is 0.576. The largest absolute Gasteiger partial charge is 0.497 e. The zero-order valence-electron chi connectivity index (χ0n) is 15.8. The normalized spacial score (nSPS) is 16.7. The van der Waals surface area contributed by atoms with Gasteiger partial charge in [-0.2, -0.15) is 4.98 Å². The molecule has 8 heteroatoms. The van der Waals surface area contributed by atoms with Gasteiger partial charge in [-0.25, -0.2) is 0 Å². The van der Waals surface area contributed by atoms with Crippen LogP contribution in [0.3, 0.4) is 0 Å². The van der Waals surface area contributed by atoms with E-state index >= 15 is 0 Å². The number of likely N-dealkylation sites (tertiary alicyclic amines) is 1. The highest BCUT2D eigenvalue weighted by molar-refractivity contribution is 6.42. The van der Waals surface area contributed by atoms with Gasteiger partial charge in [-0.3, -0.25) is 4.79 Å². The summed E-state index contributed by atoms with van der Waals surface area (Å²) >= 11 is 12.0. The molecular formula is C21H19Cl2N3O3. The number of nitrogens with zero attached hydrogens (tertiary/aromatic N) is 3. The molecule has 2 aromatic carbocycles. The van der Waals surface area contributed by atoms with Crippen molar-refractivity contribution in [2.75, 3.05) is 20.2 Å². The highest BCUT2D eigenvalue weighted by Crippen LogP contribution is 2.30. The lowest BCUT2D eigenvalue weighted by Crippen LogP contribution is -2.39. The van der Waals surface area contributed by atoms with Crippen LogP contribution >= 0.6 is 23.2 Å². The summed E-state index contributed by atoms with van der Waals surface area (Å²) in [5.74, 6) is 1.68. The van der Waals surface area contributed by atoms with Crippen LogP contribution < -0.4 is 4.74 Å².